The fraction of sp³-hybridized carbons (Fsp3) is 0.609. The summed E-state index contributed by atoms with van der Waals surface area (Å²) in [5, 5.41) is 4.05. The van der Waals surface area contributed by atoms with Gasteiger partial charge in [0.2, 0.25) is 21.8 Å². The van der Waals surface area contributed by atoms with Gasteiger partial charge in [0.25, 0.3) is 0 Å². The SMILES string of the molecule is Cl.O=C(CCc1nc(CN2CCN(S(=O)(=O)Cc3ccccc3)CC2)no1)N1CCCCCC1. The fourth-order valence-electron chi connectivity index (χ4n) is 4.39. The smallest absolute Gasteiger partial charge is 0.227 e. The highest BCUT2D eigenvalue weighted by molar-refractivity contribution is 7.88. The van der Waals surface area contributed by atoms with Crippen molar-refractivity contribution >= 4 is 28.3 Å². The number of nitrogens with zero attached hydrogens (tertiary/aromatic N) is 5. The molecule has 2 aliphatic rings. The number of halogens is 1. The normalized spacial score (nSPS) is 18.3. The van der Waals surface area contributed by atoms with Crippen molar-refractivity contribution < 1.29 is 17.7 Å². The molecule has 0 atom stereocenters. The Morgan fingerprint density at radius 1 is 0.941 bits per heavy atom. The molecule has 0 radical (unpaired) electrons. The molecule has 1 aromatic heterocycles. The first-order valence-corrected chi connectivity index (χ1v) is 13.4. The van der Waals surface area contributed by atoms with E-state index in [0.29, 0.717) is 57.3 Å². The van der Waals surface area contributed by atoms with Crippen LogP contribution in [0.1, 0.15) is 49.4 Å². The molecular formula is C23H34ClN5O4S. The van der Waals surface area contributed by atoms with Gasteiger partial charge in [-0.05, 0) is 18.4 Å². The van der Waals surface area contributed by atoms with Crippen LogP contribution >= 0.6 is 12.4 Å². The van der Waals surface area contributed by atoms with Crippen molar-refractivity contribution in [2.24, 2.45) is 0 Å². The Balaban J connectivity index is 0.00000324. The molecule has 2 fully saturated rings. The third-order valence-electron chi connectivity index (χ3n) is 6.30. The van der Waals surface area contributed by atoms with Gasteiger partial charge in [0.15, 0.2) is 5.82 Å². The lowest BCUT2D eigenvalue weighted by Gasteiger charge is -2.33. The number of benzene rings is 1. The van der Waals surface area contributed by atoms with E-state index in [1.165, 1.54) is 12.8 Å². The van der Waals surface area contributed by atoms with Crippen LogP contribution in [0.3, 0.4) is 0 Å². The van der Waals surface area contributed by atoms with Gasteiger partial charge >= 0.3 is 0 Å². The monoisotopic (exact) mass is 511 g/mol. The molecule has 2 aliphatic heterocycles. The minimum atomic E-state index is -3.33. The predicted octanol–water partition coefficient (Wildman–Crippen LogP) is 2.47. The molecule has 1 aromatic carbocycles. The maximum Gasteiger partial charge on any atom is 0.227 e. The van der Waals surface area contributed by atoms with Gasteiger partial charge in [0.1, 0.15) is 0 Å². The van der Waals surface area contributed by atoms with Crippen LogP contribution in [0.25, 0.3) is 0 Å². The third kappa shape index (κ3) is 7.49. The van der Waals surface area contributed by atoms with Gasteiger partial charge in [-0.15, -0.1) is 12.4 Å². The molecular weight excluding hydrogens is 478 g/mol. The second-order valence-electron chi connectivity index (χ2n) is 8.82. The molecule has 2 saturated heterocycles. The summed E-state index contributed by atoms with van der Waals surface area (Å²) < 4.78 is 32.3. The standard InChI is InChI=1S/C23H33N5O4S.ClH/c29-23(27-12-6-1-2-7-13-27)11-10-22-24-21(25-32-22)18-26-14-16-28(17-15-26)33(30,31)19-20-8-4-3-5-9-20;/h3-5,8-9H,1-2,6-7,10-19H2;1H. The molecule has 0 N–H and O–H groups in total. The predicted molar refractivity (Wildman–Crippen MR) is 131 cm³/mol. The van der Waals surface area contributed by atoms with E-state index in [1.54, 1.807) is 4.31 Å². The van der Waals surface area contributed by atoms with Crippen LogP contribution < -0.4 is 0 Å². The lowest BCUT2D eigenvalue weighted by molar-refractivity contribution is -0.131. The van der Waals surface area contributed by atoms with Gasteiger partial charge in [-0.25, -0.2) is 8.42 Å². The number of hydrogen-bond donors (Lipinski definition) is 0. The van der Waals surface area contributed by atoms with Crippen LogP contribution in [0.5, 0.6) is 0 Å². The highest BCUT2D eigenvalue weighted by atomic mass is 35.5. The Hall–Kier alpha value is -2.01. The number of amides is 1. The first-order chi connectivity index (χ1) is 16.0. The average molecular weight is 512 g/mol. The average Bonchev–Trinajstić information content (AvgIpc) is 3.08. The topological polar surface area (TPSA) is 99.9 Å². The van der Waals surface area contributed by atoms with Crippen LogP contribution in [0.2, 0.25) is 0 Å². The molecule has 34 heavy (non-hydrogen) atoms. The summed E-state index contributed by atoms with van der Waals surface area (Å²) in [6.45, 7) is 4.34. The molecule has 9 nitrogen and oxygen atoms in total. The Kier molecular flexibility index (Phi) is 9.87. The Morgan fingerprint density at radius 2 is 1.62 bits per heavy atom. The number of hydrogen-bond acceptors (Lipinski definition) is 7. The quantitative estimate of drug-likeness (QED) is 0.536. The van der Waals surface area contributed by atoms with Gasteiger partial charge < -0.3 is 9.42 Å². The Morgan fingerprint density at radius 3 is 2.29 bits per heavy atom. The van der Waals surface area contributed by atoms with Crippen LogP contribution in [-0.4, -0.2) is 77.8 Å². The number of likely N-dealkylation sites (tertiary alicyclic amines) is 1. The van der Waals surface area contributed by atoms with Crippen molar-refractivity contribution in [1.29, 1.82) is 0 Å². The summed E-state index contributed by atoms with van der Waals surface area (Å²) >= 11 is 0. The first kappa shape index (κ1) is 26.6. The summed E-state index contributed by atoms with van der Waals surface area (Å²) in [5.74, 6) is 1.24. The third-order valence-corrected chi connectivity index (χ3v) is 8.15. The zero-order chi connectivity index (χ0) is 23.1. The van der Waals surface area contributed by atoms with E-state index >= 15 is 0 Å². The summed E-state index contributed by atoms with van der Waals surface area (Å²) in [6.07, 6.45) is 5.40. The molecule has 0 spiro atoms. The molecule has 0 unspecified atom stereocenters. The zero-order valence-electron chi connectivity index (χ0n) is 19.5. The highest BCUT2D eigenvalue weighted by Crippen LogP contribution is 2.15. The molecule has 11 heteroatoms. The maximum atomic E-state index is 12.7. The second kappa shape index (κ2) is 12.6. The molecule has 4 rings (SSSR count). The lowest BCUT2D eigenvalue weighted by atomic mass is 10.2. The fourth-order valence-corrected chi connectivity index (χ4v) is 5.91. The highest BCUT2D eigenvalue weighted by Gasteiger charge is 2.27. The minimum Gasteiger partial charge on any atom is -0.343 e. The molecule has 3 heterocycles. The first-order valence-electron chi connectivity index (χ1n) is 11.8. The van der Waals surface area contributed by atoms with E-state index in [1.807, 2.05) is 35.2 Å². The number of sulfonamides is 1. The van der Waals surface area contributed by atoms with E-state index in [9.17, 15) is 13.2 Å². The van der Waals surface area contributed by atoms with Gasteiger partial charge in [-0.3, -0.25) is 9.69 Å². The van der Waals surface area contributed by atoms with E-state index in [-0.39, 0.29) is 24.1 Å². The number of aromatic nitrogens is 2. The second-order valence-corrected chi connectivity index (χ2v) is 10.8. The van der Waals surface area contributed by atoms with Gasteiger partial charge in [-0.1, -0.05) is 48.3 Å². The van der Waals surface area contributed by atoms with E-state index in [2.05, 4.69) is 15.0 Å². The van der Waals surface area contributed by atoms with Crippen molar-refractivity contribution in [1.82, 2.24) is 24.2 Å². The molecule has 1 amide bonds. The number of carbonyl (C=O) groups excluding carboxylic acids is 1. The van der Waals surface area contributed by atoms with E-state index < -0.39 is 10.0 Å². The van der Waals surface area contributed by atoms with Crippen LogP contribution in [0.4, 0.5) is 0 Å². The molecule has 188 valence electrons. The van der Waals surface area contributed by atoms with Gasteiger partial charge in [0.05, 0.1) is 12.3 Å². The number of aryl methyl sites for hydroxylation is 1. The molecule has 2 aromatic rings. The van der Waals surface area contributed by atoms with Crippen molar-refractivity contribution in [2.45, 2.75) is 50.8 Å². The number of rotatable bonds is 8. The van der Waals surface area contributed by atoms with Crippen molar-refractivity contribution in [3.05, 3.63) is 47.6 Å². The largest absolute Gasteiger partial charge is 0.343 e. The van der Waals surface area contributed by atoms with E-state index in [4.69, 9.17) is 4.52 Å². The van der Waals surface area contributed by atoms with Gasteiger partial charge in [0, 0.05) is 52.1 Å². The summed E-state index contributed by atoms with van der Waals surface area (Å²) in [4.78, 5) is 21.0. The molecule has 0 saturated carbocycles. The molecule has 0 bridgehead atoms. The van der Waals surface area contributed by atoms with E-state index in [0.717, 1.165) is 31.5 Å². The number of carbonyl (C=O) groups is 1. The lowest BCUT2D eigenvalue weighted by Crippen LogP contribution is -2.48. The summed E-state index contributed by atoms with van der Waals surface area (Å²) in [7, 11) is -3.33. The number of piperazine rings is 1. The van der Waals surface area contributed by atoms with Crippen molar-refractivity contribution in [3.8, 4) is 0 Å². The Bertz CT molecular complexity index is 1000. The zero-order valence-corrected chi connectivity index (χ0v) is 21.1. The summed E-state index contributed by atoms with van der Waals surface area (Å²) in [5.41, 5.74) is 0.800. The maximum absolute atomic E-state index is 12.7. The van der Waals surface area contributed by atoms with Crippen molar-refractivity contribution in [2.75, 3.05) is 39.3 Å². The minimum absolute atomic E-state index is 0. The van der Waals surface area contributed by atoms with Crippen LogP contribution in [0.15, 0.2) is 34.9 Å². The van der Waals surface area contributed by atoms with Gasteiger partial charge in [-0.2, -0.15) is 9.29 Å². The molecule has 0 aliphatic carbocycles. The summed E-state index contributed by atoms with van der Waals surface area (Å²) in [6, 6.07) is 9.26. The van der Waals surface area contributed by atoms with Crippen LogP contribution in [0, 0.1) is 0 Å². The van der Waals surface area contributed by atoms with Crippen LogP contribution in [-0.2, 0) is 33.5 Å². The van der Waals surface area contributed by atoms with Crippen molar-refractivity contribution in [3.63, 3.8) is 0 Å². The Labute approximate surface area is 207 Å².